The molecule has 3 atom stereocenters. The van der Waals surface area contributed by atoms with Crippen LogP contribution in [-0.4, -0.2) is 16.6 Å². The van der Waals surface area contributed by atoms with Gasteiger partial charge in [0.2, 0.25) is 0 Å². The molecule has 0 bridgehead atoms. The zero-order chi connectivity index (χ0) is 15.0. The monoisotopic (exact) mass is 321 g/mol. The maximum absolute atomic E-state index is 12.8. The summed E-state index contributed by atoms with van der Waals surface area (Å²) >= 11 is 5.98. The van der Waals surface area contributed by atoms with Crippen LogP contribution in [0.15, 0.2) is 47.4 Å². The molecule has 0 saturated carbocycles. The second kappa shape index (κ2) is 5.79. The first-order valence-corrected chi connectivity index (χ1v) is 8.28. The zero-order valence-electron chi connectivity index (χ0n) is 11.6. The number of hydrogen-bond acceptors (Lipinski definition) is 3. The fourth-order valence-corrected chi connectivity index (χ4v) is 4.52. The Morgan fingerprint density at radius 2 is 2.10 bits per heavy atom. The van der Waals surface area contributed by atoms with Crippen LogP contribution in [0, 0.1) is 0 Å². The summed E-state index contributed by atoms with van der Waals surface area (Å²) in [5.41, 5.74) is 8.47. The second-order valence-corrected chi connectivity index (χ2v) is 7.20. The van der Waals surface area contributed by atoms with E-state index in [1.165, 1.54) is 0 Å². The molecule has 5 heteroatoms. The molecule has 0 heterocycles. The lowest BCUT2D eigenvalue weighted by Gasteiger charge is -2.16. The molecular weight excluding hydrogens is 306 g/mol. The van der Waals surface area contributed by atoms with Gasteiger partial charge in [-0.05, 0) is 47.9 Å². The smallest absolute Gasteiger partial charge is 0.119 e. The number of methoxy groups -OCH3 is 1. The Kier molecular flexibility index (Phi) is 4.02. The topological polar surface area (TPSA) is 52.3 Å². The second-order valence-electron chi connectivity index (χ2n) is 5.09. The Bertz CT molecular complexity index is 704. The predicted molar refractivity (Wildman–Crippen MR) is 85.3 cm³/mol. The maximum Gasteiger partial charge on any atom is 0.119 e. The van der Waals surface area contributed by atoms with Crippen LogP contribution < -0.4 is 10.5 Å². The number of ether oxygens (including phenoxy) is 1. The molecule has 2 aromatic rings. The molecule has 0 aliphatic heterocycles. The number of nitrogens with two attached hydrogens (primary N) is 1. The standard InChI is InChI=1S/C16H16ClNO2S/c1-20-12-6-5-10-7-15(16(18)14(10)9-12)21(19)13-4-2-3-11(17)8-13/h2-6,8-9,15-16H,7,18H2,1H3. The van der Waals surface area contributed by atoms with Crippen LogP contribution in [0.2, 0.25) is 5.02 Å². The van der Waals surface area contributed by atoms with E-state index in [4.69, 9.17) is 22.1 Å². The lowest BCUT2D eigenvalue weighted by Crippen LogP contribution is -2.26. The molecular formula is C16H16ClNO2S. The third-order valence-corrected chi connectivity index (χ3v) is 5.80. The van der Waals surface area contributed by atoms with E-state index in [1.807, 2.05) is 30.3 Å². The molecule has 0 amide bonds. The molecule has 3 unspecified atom stereocenters. The Morgan fingerprint density at radius 3 is 2.81 bits per heavy atom. The highest BCUT2D eigenvalue weighted by Crippen LogP contribution is 2.36. The third-order valence-electron chi connectivity index (χ3n) is 3.84. The molecule has 3 rings (SSSR count). The number of hydrogen-bond donors (Lipinski definition) is 1. The highest BCUT2D eigenvalue weighted by Gasteiger charge is 2.34. The molecule has 0 radical (unpaired) electrons. The van der Waals surface area contributed by atoms with Gasteiger partial charge in [0.15, 0.2) is 0 Å². The van der Waals surface area contributed by atoms with Gasteiger partial charge in [-0.1, -0.05) is 23.7 Å². The molecule has 110 valence electrons. The summed E-state index contributed by atoms with van der Waals surface area (Å²) in [5, 5.41) is 0.456. The van der Waals surface area contributed by atoms with Crippen LogP contribution in [0.4, 0.5) is 0 Å². The van der Waals surface area contributed by atoms with Crippen molar-refractivity contribution in [1.82, 2.24) is 0 Å². The molecule has 0 spiro atoms. The lowest BCUT2D eigenvalue weighted by atomic mass is 10.1. The van der Waals surface area contributed by atoms with Crippen LogP contribution in [0.3, 0.4) is 0 Å². The Morgan fingerprint density at radius 1 is 1.29 bits per heavy atom. The highest BCUT2D eigenvalue weighted by atomic mass is 35.5. The zero-order valence-corrected chi connectivity index (χ0v) is 13.2. The van der Waals surface area contributed by atoms with E-state index in [1.54, 1.807) is 19.2 Å². The van der Waals surface area contributed by atoms with Crippen molar-refractivity contribution in [2.24, 2.45) is 5.73 Å². The van der Waals surface area contributed by atoms with E-state index >= 15 is 0 Å². The number of fused-ring (bicyclic) bond motifs is 1. The number of benzene rings is 2. The van der Waals surface area contributed by atoms with Crippen LogP contribution in [0.5, 0.6) is 5.75 Å². The summed E-state index contributed by atoms with van der Waals surface area (Å²) in [6.45, 7) is 0. The first-order valence-electron chi connectivity index (χ1n) is 6.68. The first-order chi connectivity index (χ1) is 10.1. The van der Waals surface area contributed by atoms with E-state index < -0.39 is 10.8 Å². The molecule has 0 fully saturated rings. The Hall–Kier alpha value is -1.36. The van der Waals surface area contributed by atoms with Gasteiger partial charge in [-0.3, -0.25) is 4.21 Å². The van der Waals surface area contributed by atoms with Gasteiger partial charge < -0.3 is 10.5 Å². The van der Waals surface area contributed by atoms with Crippen molar-refractivity contribution in [2.75, 3.05) is 7.11 Å². The summed E-state index contributed by atoms with van der Waals surface area (Å²) in [7, 11) is 0.445. The van der Waals surface area contributed by atoms with Crippen LogP contribution in [-0.2, 0) is 17.2 Å². The van der Waals surface area contributed by atoms with Crippen molar-refractivity contribution < 1.29 is 8.95 Å². The first kappa shape index (κ1) is 14.6. The largest absolute Gasteiger partial charge is 0.497 e. The molecule has 3 nitrogen and oxygen atoms in total. The molecule has 1 aliphatic rings. The quantitative estimate of drug-likeness (QED) is 0.945. The Balaban J connectivity index is 1.90. The van der Waals surface area contributed by atoms with Crippen molar-refractivity contribution in [2.45, 2.75) is 22.6 Å². The SMILES string of the molecule is COc1ccc2c(c1)C(N)C(S(=O)c1cccc(Cl)c1)C2. The molecule has 2 N–H and O–H groups in total. The average Bonchev–Trinajstić information content (AvgIpc) is 2.83. The van der Waals surface area contributed by atoms with Gasteiger partial charge in [0.1, 0.15) is 5.75 Å². The van der Waals surface area contributed by atoms with Gasteiger partial charge in [0, 0.05) is 16.0 Å². The summed E-state index contributed by atoms with van der Waals surface area (Å²) in [6, 6.07) is 12.8. The van der Waals surface area contributed by atoms with Crippen molar-refractivity contribution in [3.05, 3.63) is 58.6 Å². The highest BCUT2D eigenvalue weighted by molar-refractivity contribution is 7.85. The minimum absolute atomic E-state index is 0.134. The van der Waals surface area contributed by atoms with Gasteiger partial charge >= 0.3 is 0 Å². The lowest BCUT2D eigenvalue weighted by molar-refractivity contribution is 0.414. The molecule has 1 aliphatic carbocycles. The third kappa shape index (κ3) is 2.71. The van der Waals surface area contributed by atoms with E-state index in [-0.39, 0.29) is 11.3 Å². The van der Waals surface area contributed by atoms with Crippen LogP contribution >= 0.6 is 11.6 Å². The van der Waals surface area contributed by atoms with Gasteiger partial charge in [0.25, 0.3) is 0 Å². The van der Waals surface area contributed by atoms with Gasteiger partial charge in [-0.2, -0.15) is 0 Å². The van der Waals surface area contributed by atoms with E-state index in [0.29, 0.717) is 11.4 Å². The van der Waals surface area contributed by atoms with E-state index in [0.717, 1.165) is 21.8 Å². The molecule has 21 heavy (non-hydrogen) atoms. The van der Waals surface area contributed by atoms with Crippen molar-refractivity contribution in [3.8, 4) is 5.75 Å². The van der Waals surface area contributed by atoms with Gasteiger partial charge in [-0.25, -0.2) is 0 Å². The molecule has 0 saturated heterocycles. The van der Waals surface area contributed by atoms with Gasteiger partial charge in [-0.15, -0.1) is 0 Å². The minimum Gasteiger partial charge on any atom is -0.497 e. The average molecular weight is 322 g/mol. The van der Waals surface area contributed by atoms with E-state index in [9.17, 15) is 4.21 Å². The normalized spacial score (nSPS) is 21.9. The van der Waals surface area contributed by atoms with Gasteiger partial charge in [0.05, 0.1) is 23.2 Å². The fraction of sp³-hybridized carbons (Fsp3) is 0.250. The molecule has 0 aromatic heterocycles. The summed E-state index contributed by atoms with van der Waals surface area (Å²) in [5.74, 6) is 0.776. The van der Waals surface area contributed by atoms with Crippen molar-refractivity contribution in [3.63, 3.8) is 0 Å². The minimum atomic E-state index is -1.18. The summed E-state index contributed by atoms with van der Waals surface area (Å²) in [6.07, 6.45) is 0.708. The summed E-state index contributed by atoms with van der Waals surface area (Å²) in [4.78, 5) is 0.725. The predicted octanol–water partition coefficient (Wildman–Crippen LogP) is 3.08. The van der Waals surface area contributed by atoms with Crippen LogP contribution in [0.1, 0.15) is 17.2 Å². The fourth-order valence-electron chi connectivity index (χ4n) is 2.72. The summed E-state index contributed by atoms with van der Waals surface area (Å²) < 4.78 is 18.0. The van der Waals surface area contributed by atoms with Crippen molar-refractivity contribution >= 4 is 22.4 Å². The maximum atomic E-state index is 12.8. The number of halogens is 1. The Labute approximate surface area is 131 Å². The molecule has 2 aromatic carbocycles. The van der Waals surface area contributed by atoms with E-state index in [2.05, 4.69) is 0 Å². The van der Waals surface area contributed by atoms with Crippen molar-refractivity contribution in [1.29, 1.82) is 0 Å². The van der Waals surface area contributed by atoms with Crippen LogP contribution in [0.25, 0.3) is 0 Å². The number of rotatable bonds is 3.